The smallest absolute Gasteiger partial charge is 0.407 e. The van der Waals surface area contributed by atoms with Crippen molar-refractivity contribution in [3.8, 4) is 5.69 Å². The van der Waals surface area contributed by atoms with Crippen LogP contribution in [0.1, 0.15) is 32.9 Å². The number of benzene rings is 1. The number of hydrogen-bond donors (Lipinski definition) is 2. The molecule has 0 fully saturated rings. The molecule has 1 heterocycles. The van der Waals surface area contributed by atoms with E-state index in [9.17, 15) is 9.59 Å². The fourth-order valence-electron chi connectivity index (χ4n) is 2.23. The van der Waals surface area contributed by atoms with Crippen LogP contribution in [0.4, 0.5) is 4.79 Å². The number of alkyl carbamates (subject to hydrolysis) is 1. The van der Waals surface area contributed by atoms with E-state index in [-0.39, 0.29) is 18.9 Å². The Labute approximate surface area is 153 Å². The van der Waals surface area contributed by atoms with Crippen LogP contribution in [0, 0.1) is 0 Å². The summed E-state index contributed by atoms with van der Waals surface area (Å²) in [4.78, 5) is 23.3. The van der Waals surface area contributed by atoms with Crippen LogP contribution in [-0.2, 0) is 16.0 Å². The average molecular weight is 358 g/mol. The van der Waals surface area contributed by atoms with Crippen LogP contribution in [0.15, 0.2) is 42.6 Å². The molecule has 0 unspecified atom stereocenters. The molecule has 0 spiro atoms. The number of hydrogen-bond acceptors (Lipinski definition) is 4. The quantitative estimate of drug-likeness (QED) is 0.796. The van der Waals surface area contributed by atoms with E-state index in [4.69, 9.17) is 4.74 Å². The fourth-order valence-corrected chi connectivity index (χ4v) is 2.23. The number of amides is 2. The Morgan fingerprint density at radius 3 is 2.50 bits per heavy atom. The van der Waals surface area contributed by atoms with E-state index in [1.807, 2.05) is 47.3 Å². The lowest BCUT2D eigenvalue weighted by Gasteiger charge is -2.19. The Balaban J connectivity index is 1.64. The van der Waals surface area contributed by atoms with Crippen molar-refractivity contribution >= 4 is 12.0 Å². The Kier molecular flexibility index (Phi) is 6.77. The molecule has 0 atom stereocenters. The van der Waals surface area contributed by atoms with Crippen LogP contribution in [0.25, 0.3) is 5.69 Å². The van der Waals surface area contributed by atoms with Crippen molar-refractivity contribution in [2.45, 2.75) is 39.2 Å². The first kappa shape index (κ1) is 19.5. The molecule has 1 aromatic carbocycles. The topological polar surface area (TPSA) is 85.2 Å². The van der Waals surface area contributed by atoms with Crippen LogP contribution in [0.5, 0.6) is 0 Å². The van der Waals surface area contributed by atoms with Crippen LogP contribution in [0.2, 0.25) is 0 Å². The maximum absolute atomic E-state index is 11.8. The molecule has 0 aliphatic heterocycles. The summed E-state index contributed by atoms with van der Waals surface area (Å²) in [6.45, 7) is 6.11. The van der Waals surface area contributed by atoms with Gasteiger partial charge in [-0.25, -0.2) is 9.48 Å². The molecule has 7 heteroatoms. The highest BCUT2D eigenvalue weighted by Gasteiger charge is 2.15. The molecule has 2 N–H and O–H groups in total. The normalized spacial score (nSPS) is 11.0. The van der Waals surface area contributed by atoms with E-state index < -0.39 is 11.7 Å². The molecule has 7 nitrogen and oxygen atoms in total. The minimum Gasteiger partial charge on any atom is -0.444 e. The largest absolute Gasteiger partial charge is 0.444 e. The molecule has 0 aliphatic rings. The van der Waals surface area contributed by atoms with Gasteiger partial charge in [0.05, 0.1) is 11.4 Å². The van der Waals surface area contributed by atoms with Gasteiger partial charge < -0.3 is 15.4 Å². The van der Waals surface area contributed by atoms with Gasteiger partial charge in [-0.15, -0.1) is 0 Å². The first-order valence-electron chi connectivity index (χ1n) is 8.67. The summed E-state index contributed by atoms with van der Waals surface area (Å²) in [6.07, 6.45) is 2.23. The number of para-hydroxylation sites is 1. The van der Waals surface area contributed by atoms with Gasteiger partial charge >= 0.3 is 6.09 Å². The fraction of sp³-hybridized carbons (Fsp3) is 0.421. The second kappa shape index (κ2) is 9.03. The van der Waals surface area contributed by atoms with Crippen LogP contribution < -0.4 is 10.6 Å². The molecule has 0 bridgehead atoms. The third kappa shape index (κ3) is 6.96. The zero-order valence-electron chi connectivity index (χ0n) is 15.5. The predicted octanol–water partition coefficient (Wildman–Crippen LogP) is 2.45. The average Bonchev–Trinajstić information content (AvgIpc) is 3.03. The Bertz CT molecular complexity index is 720. The van der Waals surface area contributed by atoms with Crippen molar-refractivity contribution in [1.82, 2.24) is 20.4 Å². The summed E-state index contributed by atoms with van der Waals surface area (Å²) in [5.41, 5.74) is 1.35. The zero-order valence-corrected chi connectivity index (χ0v) is 15.5. The minimum atomic E-state index is -0.546. The van der Waals surface area contributed by atoms with E-state index in [0.717, 1.165) is 11.4 Å². The molecular formula is C19H26N4O3. The number of carbonyl (C=O) groups excluding carboxylic acids is 2. The summed E-state index contributed by atoms with van der Waals surface area (Å²) < 4.78 is 6.91. The molecule has 26 heavy (non-hydrogen) atoms. The highest BCUT2D eigenvalue weighted by atomic mass is 16.6. The predicted molar refractivity (Wildman–Crippen MR) is 99.1 cm³/mol. The van der Waals surface area contributed by atoms with Crippen molar-refractivity contribution in [2.24, 2.45) is 0 Å². The number of rotatable bonds is 7. The van der Waals surface area contributed by atoms with Crippen LogP contribution >= 0.6 is 0 Å². The second-order valence-electron chi connectivity index (χ2n) is 6.87. The van der Waals surface area contributed by atoms with Crippen molar-refractivity contribution in [1.29, 1.82) is 0 Å². The van der Waals surface area contributed by atoms with Gasteiger partial charge in [0, 0.05) is 32.1 Å². The summed E-state index contributed by atoms with van der Waals surface area (Å²) in [6, 6.07) is 11.8. The maximum Gasteiger partial charge on any atom is 0.407 e. The summed E-state index contributed by atoms with van der Waals surface area (Å²) in [5, 5.41) is 9.87. The maximum atomic E-state index is 11.8. The lowest BCUT2D eigenvalue weighted by atomic mass is 10.2. The SMILES string of the molecule is CC(C)(C)OC(=O)NCCC(=O)NCCc1ccn(-c2ccccc2)n1. The van der Waals surface area contributed by atoms with Gasteiger partial charge in [0.1, 0.15) is 5.60 Å². The van der Waals surface area contributed by atoms with Gasteiger partial charge in [-0.05, 0) is 39.0 Å². The molecule has 0 saturated heterocycles. The van der Waals surface area contributed by atoms with Gasteiger partial charge in [-0.3, -0.25) is 4.79 Å². The monoisotopic (exact) mass is 358 g/mol. The minimum absolute atomic E-state index is 0.122. The molecule has 1 aromatic heterocycles. The summed E-state index contributed by atoms with van der Waals surface area (Å²) in [5.74, 6) is -0.122. The highest BCUT2D eigenvalue weighted by molar-refractivity contribution is 5.77. The Hall–Kier alpha value is -2.83. The van der Waals surface area contributed by atoms with Gasteiger partial charge in [0.15, 0.2) is 0 Å². The van der Waals surface area contributed by atoms with Gasteiger partial charge in [0.25, 0.3) is 0 Å². The van der Waals surface area contributed by atoms with Crippen molar-refractivity contribution in [2.75, 3.05) is 13.1 Å². The first-order chi connectivity index (χ1) is 12.3. The number of nitrogens with zero attached hydrogens (tertiary/aromatic N) is 2. The molecule has 140 valence electrons. The number of ether oxygens (including phenoxy) is 1. The molecule has 2 rings (SSSR count). The Morgan fingerprint density at radius 1 is 1.08 bits per heavy atom. The second-order valence-corrected chi connectivity index (χ2v) is 6.87. The number of aromatic nitrogens is 2. The number of nitrogens with one attached hydrogen (secondary N) is 2. The standard InChI is InChI=1S/C19H26N4O3/c1-19(2,3)26-18(25)21-13-10-17(24)20-12-9-15-11-14-23(22-15)16-7-5-4-6-8-16/h4-8,11,14H,9-10,12-13H2,1-3H3,(H,20,24)(H,21,25). The molecular weight excluding hydrogens is 332 g/mol. The Morgan fingerprint density at radius 2 is 1.81 bits per heavy atom. The first-order valence-corrected chi connectivity index (χ1v) is 8.67. The summed E-state index contributed by atoms with van der Waals surface area (Å²) >= 11 is 0. The molecule has 2 aromatic rings. The van der Waals surface area contributed by atoms with Crippen molar-refractivity contribution in [3.63, 3.8) is 0 Å². The van der Waals surface area contributed by atoms with E-state index in [1.165, 1.54) is 0 Å². The third-order valence-corrected chi connectivity index (χ3v) is 3.39. The highest BCUT2D eigenvalue weighted by Crippen LogP contribution is 2.07. The summed E-state index contributed by atoms with van der Waals surface area (Å²) in [7, 11) is 0. The third-order valence-electron chi connectivity index (χ3n) is 3.39. The van der Waals surface area contributed by atoms with Gasteiger partial charge in [0.2, 0.25) is 5.91 Å². The van der Waals surface area contributed by atoms with Crippen LogP contribution in [0.3, 0.4) is 0 Å². The molecule has 0 saturated carbocycles. The lowest BCUT2D eigenvalue weighted by Crippen LogP contribution is -2.35. The molecule has 0 radical (unpaired) electrons. The van der Waals surface area contributed by atoms with Crippen molar-refractivity contribution in [3.05, 3.63) is 48.3 Å². The lowest BCUT2D eigenvalue weighted by molar-refractivity contribution is -0.120. The molecule has 2 amide bonds. The molecule has 0 aliphatic carbocycles. The van der Waals surface area contributed by atoms with Gasteiger partial charge in [-0.2, -0.15) is 5.10 Å². The van der Waals surface area contributed by atoms with E-state index in [1.54, 1.807) is 20.8 Å². The van der Waals surface area contributed by atoms with E-state index in [2.05, 4.69) is 15.7 Å². The van der Waals surface area contributed by atoms with Crippen LogP contribution in [-0.4, -0.2) is 40.5 Å². The number of carbonyl (C=O) groups is 2. The zero-order chi connectivity index (χ0) is 19.0. The van der Waals surface area contributed by atoms with Crippen molar-refractivity contribution < 1.29 is 14.3 Å². The van der Waals surface area contributed by atoms with E-state index in [0.29, 0.717) is 13.0 Å². The van der Waals surface area contributed by atoms with E-state index >= 15 is 0 Å². The van der Waals surface area contributed by atoms with Gasteiger partial charge in [-0.1, -0.05) is 18.2 Å².